The number of hydrogen-bond donors (Lipinski definition) is 3. The number of nitrogens with one attached hydrogen (secondary N) is 3. The number of benzene rings is 4. The maximum Gasteiger partial charge on any atom is 0.408 e. The number of nitrogens with zero attached hydrogens (tertiary/aromatic N) is 4. The summed E-state index contributed by atoms with van der Waals surface area (Å²) in [4.78, 5) is 74.5. The van der Waals surface area contributed by atoms with Gasteiger partial charge in [-0.05, 0) is 62.6 Å². The molecule has 0 bridgehead atoms. The van der Waals surface area contributed by atoms with Crippen LogP contribution >= 0.6 is 0 Å². The first kappa shape index (κ1) is 45.5. The van der Waals surface area contributed by atoms with Gasteiger partial charge in [-0.15, -0.1) is 0 Å². The summed E-state index contributed by atoms with van der Waals surface area (Å²) in [6.07, 6.45) is 3.30. The fourth-order valence-electron chi connectivity index (χ4n) is 7.03. The molecule has 3 N–H and O–H groups in total. The van der Waals surface area contributed by atoms with Crippen molar-refractivity contribution < 1.29 is 37.1 Å². The van der Waals surface area contributed by atoms with Crippen LogP contribution in [0.2, 0.25) is 0 Å². The van der Waals surface area contributed by atoms with E-state index in [2.05, 4.69) is 20.9 Å². The first-order valence-electron chi connectivity index (χ1n) is 20.3. The lowest BCUT2D eigenvalue weighted by atomic mass is 10.0. The number of alkyl carbamates (subject to hydrolysis) is 1. The number of hydrogen-bond acceptors (Lipinski definition) is 9. The number of aryl methyl sites for hydroxylation is 1. The first-order chi connectivity index (χ1) is 30.0. The maximum absolute atomic E-state index is 14.7. The lowest BCUT2D eigenvalue weighted by Gasteiger charge is -2.28. The summed E-state index contributed by atoms with van der Waals surface area (Å²) in [7, 11) is -2.41. The third-order valence-electron chi connectivity index (χ3n) is 10.2. The Morgan fingerprint density at radius 3 is 1.97 bits per heavy atom. The topological polar surface area (TPSA) is 191 Å². The number of fused-ring (bicyclic) bond motifs is 1. The lowest BCUT2D eigenvalue weighted by molar-refractivity contribution is -0.137. The van der Waals surface area contributed by atoms with Crippen LogP contribution in [0.15, 0.2) is 133 Å². The Labute approximate surface area is 366 Å². The van der Waals surface area contributed by atoms with Crippen molar-refractivity contribution in [2.45, 2.75) is 82.1 Å². The molecule has 16 heteroatoms. The molecule has 0 radical (unpaired) electrons. The van der Waals surface area contributed by atoms with E-state index in [4.69, 9.17) is 4.74 Å². The lowest BCUT2D eigenvalue weighted by Crippen LogP contribution is -2.58. The molecule has 0 unspecified atom stereocenters. The number of amides is 4. The van der Waals surface area contributed by atoms with Gasteiger partial charge in [0.25, 0.3) is 10.0 Å². The molecular formula is C47H51N7O8S. The fraction of sp³-hybridized carbons (Fsp3) is 0.277. The van der Waals surface area contributed by atoms with Crippen LogP contribution < -0.4 is 16.0 Å². The zero-order chi connectivity index (χ0) is 45.3. The zero-order valence-electron chi connectivity index (χ0n) is 35.7. The zero-order valence-corrected chi connectivity index (χ0v) is 36.5. The molecule has 4 amide bonds. The summed E-state index contributed by atoms with van der Waals surface area (Å²) in [5, 5.41) is 8.93. The van der Waals surface area contributed by atoms with Crippen LogP contribution in [0.1, 0.15) is 48.7 Å². The second-order valence-corrected chi connectivity index (χ2v) is 18.1. The van der Waals surface area contributed by atoms with Crippen LogP contribution in [0.25, 0.3) is 10.9 Å². The Hall–Kier alpha value is -7.07. The van der Waals surface area contributed by atoms with Crippen molar-refractivity contribution >= 4 is 51.2 Å². The molecule has 2 aromatic heterocycles. The molecule has 0 spiro atoms. The molecule has 0 fully saturated rings. The standard InChI is InChI=1S/C47H51N7O8S/c1-32-20-22-37(23-21-32)63(60,61)54-29-36(48-30-54)26-40(51-46(59)62-47(2,3)4)44(57)49-39(25-35-28-53(31-55)42-19-13-12-18-38(35)42)43(56)50-41(24-33-14-8-6-9-15-33)45(58)52(5)27-34-16-10-7-11-17-34/h6-23,28-31,39-41H,24-27H2,1-5H3,(H,49,57)(H,50,56)(H,51,59)/t39-,40+,41+/m1/s1. The molecule has 4 aromatic carbocycles. The van der Waals surface area contributed by atoms with E-state index in [1.54, 1.807) is 70.4 Å². The monoisotopic (exact) mass is 873 g/mol. The van der Waals surface area contributed by atoms with E-state index in [-0.39, 0.29) is 42.3 Å². The van der Waals surface area contributed by atoms with Crippen molar-refractivity contribution in [2.24, 2.45) is 0 Å². The molecule has 63 heavy (non-hydrogen) atoms. The first-order valence-corrected chi connectivity index (χ1v) is 21.8. The van der Waals surface area contributed by atoms with Crippen LogP contribution in [0.5, 0.6) is 0 Å². The predicted molar refractivity (Wildman–Crippen MR) is 238 cm³/mol. The van der Waals surface area contributed by atoms with E-state index in [9.17, 15) is 32.4 Å². The van der Waals surface area contributed by atoms with Gasteiger partial charge in [-0.3, -0.25) is 23.7 Å². The minimum Gasteiger partial charge on any atom is -0.444 e. The number of imidazole rings is 1. The molecule has 6 rings (SSSR count). The number of ether oxygens (including phenoxy) is 1. The normalized spacial score (nSPS) is 13.0. The van der Waals surface area contributed by atoms with Crippen LogP contribution in [0.3, 0.4) is 0 Å². The van der Waals surface area contributed by atoms with Gasteiger partial charge in [0.1, 0.15) is 30.1 Å². The van der Waals surface area contributed by atoms with Gasteiger partial charge in [0, 0.05) is 50.6 Å². The maximum atomic E-state index is 14.7. The van der Waals surface area contributed by atoms with E-state index < -0.39 is 51.7 Å². The van der Waals surface area contributed by atoms with Gasteiger partial charge in [-0.1, -0.05) is 96.6 Å². The highest BCUT2D eigenvalue weighted by Crippen LogP contribution is 2.23. The molecule has 6 aromatic rings. The largest absolute Gasteiger partial charge is 0.444 e. The van der Waals surface area contributed by atoms with Gasteiger partial charge >= 0.3 is 6.09 Å². The summed E-state index contributed by atoms with van der Waals surface area (Å²) >= 11 is 0. The molecule has 0 aliphatic carbocycles. The number of likely N-dealkylation sites (N-methyl/N-ethyl adjacent to an activating group) is 1. The highest BCUT2D eigenvalue weighted by Gasteiger charge is 2.33. The molecule has 0 aliphatic heterocycles. The van der Waals surface area contributed by atoms with E-state index in [1.807, 2.05) is 67.6 Å². The van der Waals surface area contributed by atoms with Gasteiger partial charge < -0.3 is 25.6 Å². The van der Waals surface area contributed by atoms with Crippen LogP contribution in [0, 0.1) is 6.92 Å². The number of aromatic nitrogens is 3. The second-order valence-electron chi connectivity index (χ2n) is 16.3. The molecule has 15 nitrogen and oxygen atoms in total. The highest BCUT2D eigenvalue weighted by molar-refractivity contribution is 7.90. The van der Waals surface area contributed by atoms with Gasteiger partial charge in [0.2, 0.25) is 24.1 Å². The van der Waals surface area contributed by atoms with Crippen molar-refractivity contribution in [3.05, 3.63) is 156 Å². The van der Waals surface area contributed by atoms with Crippen molar-refractivity contribution in [1.82, 2.24) is 34.4 Å². The minimum atomic E-state index is -4.06. The summed E-state index contributed by atoms with van der Waals surface area (Å²) in [5.41, 5.74) is 2.85. The summed E-state index contributed by atoms with van der Waals surface area (Å²) < 4.78 is 34.7. The minimum absolute atomic E-state index is 0.0262. The third kappa shape index (κ3) is 11.9. The fourth-order valence-corrected chi connectivity index (χ4v) is 8.19. The Morgan fingerprint density at radius 2 is 1.33 bits per heavy atom. The Balaban J connectivity index is 1.33. The number of carbonyl (C=O) groups is 5. The molecule has 0 saturated heterocycles. The Kier molecular flexibility index (Phi) is 14.3. The quantitative estimate of drug-likeness (QED) is 0.106. The number of rotatable bonds is 17. The number of carbonyl (C=O) groups excluding carboxylic acids is 5. The molecule has 2 heterocycles. The average Bonchev–Trinajstić information content (AvgIpc) is 3.88. The van der Waals surface area contributed by atoms with Crippen LogP contribution in [-0.2, 0) is 59.7 Å². The second kappa shape index (κ2) is 19.8. The van der Waals surface area contributed by atoms with Crippen LogP contribution in [0.4, 0.5) is 4.79 Å². The van der Waals surface area contributed by atoms with Gasteiger partial charge in [0.05, 0.1) is 16.1 Å². The molecular weight excluding hydrogens is 823 g/mol. The number of para-hydroxylation sites is 1. The van der Waals surface area contributed by atoms with Crippen molar-refractivity contribution in [1.29, 1.82) is 0 Å². The Morgan fingerprint density at radius 1 is 0.746 bits per heavy atom. The highest BCUT2D eigenvalue weighted by atomic mass is 32.2. The molecule has 328 valence electrons. The molecule has 0 saturated carbocycles. The summed E-state index contributed by atoms with van der Waals surface area (Å²) in [6, 6.07) is 28.1. The van der Waals surface area contributed by atoms with E-state index in [1.165, 1.54) is 27.8 Å². The molecule has 3 atom stereocenters. The predicted octanol–water partition coefficient (Wildman–Crippen LogP) is 4.97. The SMILES string of the molecule is Cc1ccc(S(=O)(=O)n2cnc(C[C@H](NC(=O)OC(C)(C)C)C(=O)N[C@H](Cc3cn(C=O)c4ccccc34)C(=O)N[C@@H](Cc3ccccc3)C(=O)N(C)Cc3ccccc3)c2)cc1. The van der Waals surface area contributed by atoms with Crippen molar-refractivity contribution in [3.8, 4) is 0 Å². The summed E-state index contributed by atoms with van der Waals surface area (Å²) in [6.45, 7) is 7.06. The van der Waals surface area contributed by atoms with E-state index >= 15 is 0 Å². The van der Waals surface area contributed by atoms with Gasteiger partial charge in [-0.25, -0.2) is 22.2 Å². The van der Waals surface area contributed by atoms with E-state index in [0.717, 1.165) is 27.0 Å². The van der Waals surface area contributed by atoms with Crippen molar-refractivity contribution in [2.75, 3.05) is 7.05 Å². The average molecular weight is 874 g/mol. The van der Waals surface area contributed by atoms with Gasteiger partial charge in [-0.2, -0.15) is 0 Å². The van der Waals surface area contributed by atoms with Crippen LogP contribution in [-0.4, -0.2) is 87.8 Å². The smallest absolute Gasteiger partial charge is 0.408 e. The summed E-state index contributed by atoms with van der Waals surface area (Å²) in [5.74, 6) is -1.92. The van der Waals surface area contributed by atoms with Crippen molar-refractivity contribution in [3.63, 3.8) is 0 Å². The molecule has 0 aliphatic rings. The third-order valence-corrected chi connectivity index (χ3v) is 11.8. The van der Waals surface area contributed by atoms with E-state index in [0.29, 0.717) is 22.9 Å². The Bertz CT molecular complexity index is 2670. The van der Waals surface area contributed by atoms with Gasteiger partial charge in [0.15, 0.2) is 0 Å².